The van der Waals surface area contributed by atoms with Gasteiger partial charge in [-0.25, -0.2) is 4.39 Å². The van der Waals surface area contributed by atoms with Crippen LogP contribution in [0, 0.1) is 0 Å². The number of carbonyl (C=O) groups excluding carboxylic acids is 2. The Morgan fingerprint density at radius 2 is 1.94 bits per heavy atom. The molecule has 3 nitrogen and oxygen atoms in total. The molecular formula is C14H17FO3. The smallest absolute Gasteiger partial charge is 0.313 e. The lowest BCUT2D eigenvalue weighted by Gasteiger charge is -2.07. The Labute approximate surface area is 106 Å². The Balaban J connectivity index is 2.43. The number of Topliss-reactive ketones (excluding diaryl/α,β-unsaturated/α-hetero) is 1. The second-order valence-corrected chi connectivity index (χ2v) is 3.99. The van der Waals surface area contributed by atoms with Gasteiger partial charge in [-0.05, 0) is 12.0 Å². The molecule has 1 atom stereocenters. The molecule has 1 aromatic carbocycles. The number of hydrogen-bond donors (Lipinski definition) is 0. The fourth-order valence-corrected chi connectivity index (χ4v) is 1.42. The van der Waals surface area contributed by atoms with Crippen molar-refractivity contribution in [3.05, 3.63) is 35.9 Å². The van der Waals surface area contributed by atoms with Crippen LogP contribution in [0.15, 0.2) is 30.3 Å². The van der Waals surface area contributed by atoms with Crippen molar-refractivity contribution in [2.24, 2.45) is 0 Å². The Bertz CT molecular complexity index is 389. The van der Waals surface area contributed by atoms with Crippen LogP contribution in [-0.4, -0.2) is 18.4 Å². The number of ether oxygens (including phenoxy) is 1. The molecule has 0 amide bonds. The molecule has 98 valence electrons. The van der Waals surface area contributed by atoms with Crippen LogP contribution in [-0.2, 0) is 14.3 Å². The first-order valence-corrected chi connectivity index (χ1v) is 6.02. The van der Waals surface area contributed by atoms with Crippen molar-refractivity contribution in [3.63, 3.8) is 0 Å². The summed E-state index contributed by atoms with van der Waals surface area (Å²) in [7, 11) is 0. The Kier molecular flexibility index (Phi) is 6.05. The van der Waals surface area contributed by atoms with Gasteiger partial charge in [-0.3, -0.25) is 9.59 Å². The van der Waals surface area contributed by atoms with Gasteiger partial charge in [0.25, 0.3) is 0 Å². The first kappa shape index (κ1) is 14.4. The SMILES string of the molecule is CCCCOC(=O)CC(=O)C(F)c1ccccc1. The van der Waals surface area contributed by atoms with Crippen molar-refractivity contribution < 1.29 is 18.7 Å². The summed E-state index contributed by atoms with van der Waals surface area (Å²) >= 11 is 0. The predicted molar refractivity (Wildman–Crippen MR) is 65.8 cm³/mol. The molecule has 0 spiro atoms. The van der Waals surface area contributed by atoms with Gasteiger partial charge < -0.3 is 4.74 Å². The van der Waals surface area contributed by atoms with E-state index in [2.05, 4.69) is 0 Å². The number of halogens is 1. The van der Waals surface area contributed by atoms with Gasteiger partial charge in [-0.2, -0.15) is 0 Å². The van der Waals surface area contributed by atoms with Crippen LogP contribution in [0.3, 0.4) is 0 Å². The fraction of sp³-hybridized carbons (Fsp3) is 0.429. The van der Waals surface area contributed by atoms with Gasteiger partial charge in [0.2, 0.25) is 0 Å². The summed E-state index contributed by atoms with van der Waals surface area (Å²) in [6.07, 6.45) is -0.626. The van der Waals surface area contributed by atoms with E-state index in [-0.39, 0.29) is 12.2 Å². The van der Waals surface area contributed by atoms with E-state index >= 15 is 0 Å². The summed E-state index contributed by atoms with van der Waals surface area (Å²) in [6, 6.07) is 8.07. The highest BCUT2D eigenvalue weighted by atomic mass is 19.1. The molecule has 1 rings (SSSR count). The maximum Gasteiger partial charge on any atom is 0.313 e. The second-order valence-electron chi connectivity index (χ2n) is 3.99. The fourth-order valence-electron chi connectivity index (χ4n) is 1.42. The highest BCUT2D eigenvalue weighted by Gasteiger charge is 2.22. The van der Waals surface area contributed by atoms with Crippen LogP contribution in [0.25, 0.3) is 0 Å². The summed E-state index contributed by atoms with van der Waals surface area (Å²) in [5.74, 6) is -1.42. The van der Waals surface area contributed by atoms with Crippen LogP contribution in [0.1, 0.15) is 37.9 Å². The van der Waals surface area contributed by atoms with Gasteiger partial charge in [0.1, 0.15) is 6.42 Å². The first-order chi connectivity index (χ1) is 8.65. The summed E-state index contributed by atoms with van der Waals surface area (Å²) in [4.78, 5) is 22.8. The zero-order valence-corrected chi connectivity index (χ0v) is 10.4. The quantitative estimate of drug-likeness (QED) is 0.425. The van der Waals surface area contributed by atoms with Crippen LogP contribution in [0.5, 0.6) is 0 Å². The van der Waals surface area contributed by atoms with E-state index in [1.165, 1.54) is 12.1 Å². The molecule has 18 heavy (non-hydrogen) atoms. The number of unbranched alkanes of at least 4 members (excludes halogenated alkanes) is 1. The van der Waals surface area contributed by atoms with Crippen molar-refractivity contribution in [3.8, 4) is 0 Å². The summed E-state index contributed by atoms with van der Waals surface area (Å²) in [5.41, 5.74) is 0.267. The van der Waals surface area contributed by atoms with E-state index in [4.69, 9.17) is 4.74 Å². The van der Waals surface area contributed by atoms with Crippen LogP contribution in [0.4, 0.5) is 4.39 Å². The third-order valence-corrected chi connectivity index (χ3v) is 2.45. The number of hydrogen-bond acceptors (Lipinski definition) is 3. The number of benzene rings is 1. The number of alkyl halides is 1. The summed E-state index contributed by atoms with van der Waals surface area (Å²) < 4.78 is 18.5. The van der Waals surface area contributed by atoms with Crippen LogP contribution >= 0.6 is 0 Å². The number of carbonyl (C=O) groups is 2. The minimum absolute atomic E-state index is 0.267. The molecule has 0 radical (unpaired) electrons. The van der Waals surface area contributed by atoms with E-state index in [0.717, 1.165) is 12.8 Å². The Morgan fingerprint density at radius 3 is 2.56 bits per heavy atom. The van der Waals surface area contributed by atoms with Gasteiger partial charge in [-0.15, -0.1) is 0 Å². The molecule has 4 heteroatoms. The average molecular weight is 252 g/mol. The largest absolute Gasteiger partial charge is 0.465 e. The van der Waals surface area contributed by atoms with Crippen molar-refractivity contribution in [2.45, 2.75) is 32.4 Å². The minimum Gasteiger partial charge on any atom is -0.465 e. The molecule has 0 aromatic heterocycles. The van der Waals surface area contributed by atoms with Gasteiger partial charge in [0, 0.05) is 0 Å². The molecule has 0 aliphatic carbocycles. The topological polar surface area (TPSA) is 43.4 Å². The molecule has 0 aliphatic heterocycles. The highest BCUT2D eigenvalue weighted by Crippen LogP contribution is 2.19. The zero-order valence-electron chi connectivity index (χ0n) is 10.4. The van der Waals surface area contributed by atoms with Gasteiger partial charge in [0.05, 0.1) is 6.61 Å². The van der Waals surface area contributed by atoms with Crippen LogP contribution in [0.2, 0.25) is 0 Å². The third-order valence-electron chi connectivity index (χ3n) is 2.45. The minimum atomic E-state index is -1.76. The molecule has 0 saturated heterocycles. The number of ketones is 1. The van der Waals surface area contributed by atoms with Crippen molar-refractivity contribution >= 4 is 11.8 Å². The third kappa shape index (κ3) is 4.65. The summed E-state index contributed by atoms with van der Waals surface area (Å²) in [6.45, 7) is 2.25. The van der Waals surface area contributed by atoms with Crippen molar-refractivity contribution in [2.75, 3.05) is 6.61 Å². The average Bonchev–Trinajstić information content (AvgIpc) is 2.39. The van der Waals surface area contributed by atoms with Crippen molar-refractivity contribution in [1.82, 2.24) is 0 Å². The van der Waals surface area contributed by atoms with Crippen molar-refractivity contribution in [1.29, 1.82) is 0 Å². The van der Waals surface area contributed by atoms with E-state index in [1.807, 2.05) is 6.92 Å². The number of esters is 1. The Hall–Kier alpha value is -1.71. The molecule has 1 aromatic rings. The summed E-state index contributed by atoms with van der Waals surface area (Å²) in [5, 5.41) is 0. The maximum absolute atomic E-state index is 13.7. The molecular weight excluding hydrogens is 235 g/mol. The van der Waals surface area contributed by atoms with Gasteiger partial charge >= 0.3 is 5.97 Å². The molecule has 1 unspecified atom stereocenters. The van der Waals surface area contributed by atoms with Gasteiger partial charge in [0.15, 0.2) is 12.0 Å². The maximum atomic E-state index is 13.7. The molecule has 0 aliphatic rings. The van der Waals surface area contributed by atoms with E-state index in [9.17, 15) is 14.0 Å². The lowest BCUT2D eigenvalue weighted by molar-refractivity contribution is -0.147. The molecule has 0 fully saturated rings. The molecule has 0 saturated carbocycles. The Morgan fingerprint density at radius 1 is 1.28 bits per heavy atom. The second kappa shape index (κ2) is 7.58. The van der Waals surface area contributed by atoms with Crippen LogP contribution < -0.4 is 0 Å². The van der Waals surface area contributed by atoms with Gasteiger partial charge in [-0.1, -0.05) is 43.7 Å². The first-order valence-electron chi connectivity index (χ1n) is 6.02. The monoisotopic (exact) mass is 252 g/mol. The van der Waals surface area contributed by atoms with E-state index < -0.39 is 24.3 Å². The standard InChI is InChI=1S/C14H17FO3/c1-2-3-9-18-13(17)10-12(16)14(15)11-7-5-4-6-8-11/h4-8,14H,2-3,9-10H2,1H3. The number of rotatable bonds is 7. The predicted octanol–water partition coefficient (Wildman–Crippen LogP) is 3.00. The lowest BCUT2D eigenvalue weighted by atomic mass is 10.1. The molecule has 0 N–H and O–H groups in total. The van der Waals surface area contributed by atoms with E-state index in [1.54, 1.807) is 18.2 Å². The normalized spacial score (nSPS) is 11.9. The molecule has 0 bridgehead atoms. The zero-order chi connectivity index (χ0) is 13.4. The van der Waals surface area contributed by atoms with E-state index in [0.29, 0.717) is 0 Å². The lowest BCUT2D eigenvalue weighted by Crippen LogP contribution is -2.16. The highest BCUT2D eigenvalue weighted by molar-refractivity contribution is 5.98. The molecule has 0 heterocycles.